The highest BCUT2D eigenvalue weighted by Gasteiger charge is 2.26. The molecule has 0 atom stereocenters. The third-order valence-electron chi connectivity index (χ3n) is 4.18. The number of likely N-dealkylation sites (tertiary alicyclic amines) is 1. The van der Waals surface area contributed by atoms with Crippen LogP contribution in [0.2, 0.25) is 0 Å². The molecule has 0 aromatic heterocycles. The highest BCUT2D eigenvalue weighted by atomic mass is 79.9. The van der Waals surface area contributed by atoms with E-state index in [1.54, 1.807) is 29.0 Å². The summed E-state index contributed by atoms with van der Waals surface area (Å²) < 4.78 is 14.5. The van der Waals surface area contributed by atoms with Crippen molar-refractivity contribution in [2.75, 3.05) is 26.7 Å². The van der Waals surface area contributed by atoms with Gasteiger partial charge >= 0.3 is 5.97 Å². The van der Waals surface area contributed by atoms with E-state index in [0.29, 0.717) is 23.1 Å². The second kappa shape index (κ2) is 7.88. The summed E-state index contributed by atoms with van der Waals surface area (Å²) in [4.78, 5) is 26.6. The number of aliphatic carboxylic acids is 1. The monoisotopic (exact) mass is 386 g/mol. The first-order valence-corrected chi connectivity index (χ1v) is 8.30. The largest absolute Gasteiger partial charge is 0.480 e. The van der Waals surface area contributed by atoms with Crippen molar-refractivity contribution < 1.29 is 19.1 Å². The lowest BCUT2D eigenvalue weighted by Crippen LogP contribution is -2.47. The minimum Gasteiger partial charge on any atom is -0.480 e. The third-order valence-corrected chi connectivity index (χ3v) is 4.68. The Morgan fingerprint density at radius 2 is 2.04 bits per heavy atom. The molecular weight excluding hydrogens is 367 g/mol. The smallest absolute Gasteiger partial charge is 0.317 e. The summed E-state index contributed by atoms with van der Waals surface area (Å²) in [5, 5.41) is 8.82. The van der Waals surface area contributed by atoms with E-state index in [1.165, 1.54) is 6.07 Å². The summed E-state index contributed by atoms with van der Waals surface area (Å²) >= 11 is 3.19. The van der Waals surface area contributed by atoms with Gasteiger partial charge in [-0.25, -0.2) is 4.39 Å². The number of halogens is 2. The van der Waals surface area contributed by atoms with E-state index in [9.17, 15) is 14.0 Å². The van der Waals surface area contributed by atoms with E-state index >= 15 is 0 Å². The van der Waals surface area contributed by atoms with Crippen molar-refractivity contribution in [1.82, 2.24) is 9.80 Å². The number of carboxylic acids is 1. The molecule has 1 fully saturated rings. The van der Waals surface area contributed by atoms with Crippen molar-refractivity contribution in [3.05, 3.63) is 34.1 Å². The molecule has 1 N–H and O–H groups in total. The maximum atomic E-state index is 13.8. The molecule has 0 aliphatic carbocycles. The van der Waals surface area contributed by atoms with Crippen molar-refractivity contribution in [2.45, 2.75) is 25.3 Å². The normalized spacial score (nSPS) is 15.9. The summed E-state index contributed by atoms with van der Waals surface area (Å²) in [6.07, 6.45) is 1.52. The average Bonchev–Trinajstić information content (AvgIpc) is 2.49. The number of likely N-dealkylation sites (N-methyl/N-ethyl adjacent to an activating group) is 1. The topological polar surface area (TPSA) is 60.9 Å². The summed E-state index contributed by atoms with van der Waals surface area (Å²) in [6.45, 7) is 1.15. The van der Waals surface area contributed by atoms with Crippen molar-refractivity contribution >= 4 is 27.8 Å². The van der Waals surface area contributed by atoms with E-state index in [2.05, 4.69) is 15.9 Å². The van der Waals surface area contributed by atoms with E-state index in [1.807, 2.05) is 0 Å². The zero-order valence-electron chi connectivity index (χ0n) is 13.0. The van der Waals surface area contributed by atoms with Gasteiger partial charge in [0.2, 0.25) is 5.91 Å². The van der Waals surface area contributed by atoms with Crippen LogP contribution in [0.4, 0.5) is 4.39 Å². The lowest BCUT2D eigenvalue weighted by atomic mass is 10.0. The quantitative estimate of drug-likeness (QED) is 0.841. The van der Waals surface area contributed by atoms with Crippen molar-refractivity contribution in [3.63, 3.8) is 0 Å². The van der Waals surface area contributed by atoms with Gasteiger partial charge in [-0.05, 0) is 37.6 Å². The van der Waals surface area contributed by atoms with Gasteiger partial charge in [0, 0.05) is 23.6 Å². The van der Waals surface area contributed by atoms with Crippen LogP contribution in [0.5, 0.6) is 0 Å². The van der Waals surface area contributed by atoms with Gasteiger partial charge in [0.25, 0.3) is 0 Å². The Labute approximate surface area is 143 Å². The van der Waals surface area contributed by atoms with Crippen LogP contribution in [0.15, 0.2) is 22.7 Å². The van der Waals surface area contributed by atoms with Gasteiger partial charge in [-0.15, -0.1) is 0 Å². The number of piperidine rings is 1. The summed E-state index contributed by atoms with van der Waals surface area (Å²) in [5.74, 6) is -1.33. The van der Waals surface area contributed by atoms with Crippen LogP contribution in [-0.4, -0.2) is 59.5 Å². The van der Waals surface area contributed by atoms with Crippen LogP contribution >= 0.6 is 15.9 Å². The molecule has 2 rings (SSSR count). The highest BCUT2D eigenvalue weighted by molar-refractivity contribution is 9.10. The maximum absolute atomic E-state index is 13.8. The highest BCUT2D eigenvalue weighted by Crippen LogP contribution is 2.19. The number of amides is 1. The molecule has 1 saturated heterocycles. The zero-order valence-corrected chi connectivity index (χ0v) is 14.6. The lowest BCUT2D eigenvalue weighted by molar-refractivity contribution is -0.139. The van der Waals surface area contributed by atoms with Crippen molar-refractivity contribution in [2.24, 2.45) is 0 Å². The standard InChI is InChI=1S/C16H20BrFN2O3/c1-19(10-16(22)23)13-4-6-20(7-5-13)15(21)8-11-2-3-12(17)9-14(11)18/h2-3,9,13H,4-8,10H2,1H3,(H,22,23). The number of carbonyl (C=O) groups excluding carboxylic acids is 1. The van der Waals surface area contributed by atoms with Gasteiger partial charge < -0.3 is 10.0 Å². The number of hydrogen-bond donors (Lipinski definition) is 1. The molecule has 0 spiro atoms. The predicted molar refractivity (Wildman–Crippen MR) is 87.7 cm³/mol. The predicted octanol–water partition coefficient (Wildman–Crippen LogP) is 2.14. The Balaban J connectivity index is 1.87. The summed E-state index contributed by atoms with van der Waals surface area (Å²) in [7, 11) is 1.79. The van der Waals surface area contributed by atoms with Gasteiger partial charge in [0.1, 0.15) is 5.82 Å². The van der Waals surface area contributed by atoms with Gasteiger partial charge in [-0.2, -0.15) is 0 Å². The molecule has 1 aromatic carbocycles. The van der Waals surface area contributed by atoms with Crippen LogP contribution < -0.4 is 0 Å². The van der Waals surface area contributed by atoms with E-state index in [4.69, 9.17) is 5.11 Å². The van der Waals surface area contributed by atoms with E-state index < -0.39 is 5.97 Å². The Hall–Kier alpha value is -1.47. The van der Waals surface area contributed by atoms with Gasteiger partial charge in [0.15, 0.2) is 0 Å². The number of nitrogens with zero attached hydrogens (tertiary/aromatic N) is 2. The lowest BCUT2D eigenvalue weighted by Gasteiger charge is -2.36. The Kier molecular flexibility index (Phi) is 6.12. The number of benzene rings is 1. The second-order valence-electron chi connectivity index (χ2n) is 5.83. The SMILES string of the molecule is CN(CC(=O)O)C1CCN(C(=O)Cc2ccc(Br)cc2F)CC1. The molecule has 126 valence electrons. The van der Waals surface area contributed by atoms with Crippen LogP contribution in [0, 0.1) is 5.82 Å². The molecule has 0 radical (unpaired) electrons. The minimum atomic E-state index is -0.850. The van der Waals surface area contributed by atoms with E-state index in [0.717, 1.165) is 12.8 Å². The minimum absolute atomic E-state index is 0.00270. The van der Waals surface area contributed by atoms with Crippen molar-refractivity contribution in [1.29, 1.82) is 0 Å². The maximum Gasteiger partial charge on any atom is 0.317 e. The fraction of sp³-hybridized carbons (Fsp3) is 0.500. The molecule has 5 nitrogen and oxygen atoms in total. The van der Waals surface area contributed by atoms with Crippen LogP contribution in [0.3, 0.4) is 0 Å². The third kappa shape index (κ3) is 5.00. The molecule has 0 bridgehead atoms. The molecule has 1 amide bonds. The van der Waals surface area contributed by atoms with Gasteiger partial charge in [0.05, 0.1) is 13.0 Å². The molecule has 1 heterocycles. The summed E-state index contributed by atoms with van der Waals surface area (Å²) in [6, 6.07) is 4.86. The summed E-state index contributed by atoms with van der Waals surface area (Å²) in [5.41, 5.74) is 0.392. The Morgan fingerprint density at radius 1 is 1.39 bits per heavy atom. The molecule has 0 unspecified atom stereocenters. The van der Waals surface area contributed by atoms with Crippen LogP contribution in [-0.2, 0) is 16.0 Å². The van der Waals surface area contributed by atoms with Crippen LogP contribution in [0.25, 0.3) is 0 Å². The molecule has 1 aliphatic heterocycles. The molecule has 23 heavy (non-hydrogen) atoms. The Morgan fingerprint density at radius 3 is 2.61 bits per heavy atom. The van der Waals surface area contributed by atoms with Gasteiger partial charge in [-0.3, -0.25) is 14.5 Å². The fourth-order valence-corrected chi connectivity index (χ4v) is 3.17. The Bertz CT molecular complexity index is 589. The fourth-order valence-electron chi connectivity index (χ4n) is 2.84. The first-order chi connectivity index (χ1) is 10.9. The first kappa shape index (κ1) is 17.9. The first-order valence-electron chi connectivity index (χ1n) is 7.50. The van der Waals surface area contributed by atoms with Crippen molar-refractivity contribution in [3.8, 4) is 0 Å². The molecule has 1 aliphatic rings. The molecular formula is C16H20BrFN2O3. The zero-order chi connectivity index (χ0) is 17.0. The number of carbonyl (C=O) groups is 2. The molecule has 1 aromatic rings. The van der Waals surface area contributed by atoms with Gasteiger partial charge in [-0.1, -0.05) is 22.0 Å². The second-order valence-corrected chi connectivity index (χ2v) is 6.75. The van der Waals surface area contributed by atoms with Crippen LogP contribution in [0.1, 0.15) is 18.4 Å². The van der Waals surface area contributed by atoms with E-state index in [-0.39, 0.29) is 30.7 Å². The number of hydrogen-bond acceptors (Lipinski definition) is 3. The average molecular weight is 387 g/mol. The molecule has 0 saturated carbocycles. The molecule has 7 heteroatoms. The number of carboxylic acid groups (broad SMARTS) is 1. The number of rotatable bonds is 5.